The minimum Gasteiger partial charge on any atom is -0.374 e. The molecule has 0 radical (unpaired) electrons. The van der Waals surface area contributed by atoms with Crippen molar-refractivity contribution in [2.24, 2.45) is 10.9 Å². The first kappa shape index (κ1) is 29.8. The second-order valence-corrected chi connectivity index (χ2v) is 9.39. The molecule has 1 rings (SSSR count). The molecule has 0 N–H and O–H groups in total. The number of allylic oxidation sites excluding steroid dienone is 6. The molecule has 4 unspecified atom stereocenters. The van der Waals surface area contributed by atoms with Gasteiger partial charge in [-0.3, -0.25) is 14.7 Å². The Kier molecular flexibility index (Phi) is 14.4. The second-order valence-electron chi connectivity index (χ2n) is 9.39. The van der Waals surface area contributed by atoms with Crippen LogP contribution < -0.4 is 0 Å². The molecule has 0 aromatic heterocycles. The third kappa shape index (κ3) is 10.8. The van der Waals surface area contributed by atoms with E-state index >= 15 is 0 Å². The minimum absolute atomic E-state index is 0.0549. The molecule has 0 heterocycles. The lowest BCUT2D eigenvalue weighted by Crippen LogP contribution is -2.48. The molecular weight excluding hydrogens is 422 g/mol. The zero-order valence-electron chi connectivity index (χ0n) is 22.4. The third-order valence-corrected chi connectivity index (χ3v) is 6.07. The number of ether oxygens (including phenoxy) is 1. The summed E-state index contributed by atoms with van der Waals surface area (Å²) < 4.78 is 6.20. The summed E-state index contributed by atoms with van der Waals surface area (Å²) in [6, 6.07) is -0.0549. The molecule has 0 bridgehead atoms. The summed E-state index contributed by atoms with van der Waals surface area (Å²) in [5.74, 6) is -0.0312. The molecule has 1 aliphatic carbocycles. The van der Waals surface area contributed by atoms with Gasteiger partial charge < -0.3 is 9.64 Å². The molecule has 0 saturated heterocycles. The Morgan fingerprint density at radius 1 is 1.24 bits per heavy atom. The minimum atomic E-state index is -0.200. The molecule has 0 aromatic carbocycles. The number of carbonyl (C=O) groups is 1. The molecule has 0 saturated carbocycles. The maximum absolute atomic E-state index is 13.5. The number of aliphatic imine (C=N–C) groups is 1. The number of ketones is 1. The number of hydrogen-bond acceptors (Lipinski definition) is 4. The van der Waals surface area contributed by atoms with Crippen LogP contribution in [0.25, 0.3) is 0 Å². The van der Waals surface area contributed by atoms with E-state index in [9.17, 15) is 4.79 Å². The molecule has 190 valence electrons. The third-order valence-electron chi connectivity index (χ3n) is 6.07. The topological polar surface area (TPSA) is 45.1 Å². The highest BCUT2D eigenvalue weighted by Crippen LogP contribution is 2.24. The van der Waals surface area contributed by atoms with Crippen LogP contribution in [0.5, 0.6) is 0 Å². The van der Waals surface area contributed by atoms with Crippen LogP contribution in [0.4, 0.5) is 0 Å². The summed E-state index contributed by atoms with van der Waals surface area (Å²) in [6.45, 7) is 21.5. The molecule has 0 aromatic rings. The summed E-state index contributed by atoms with van der Waals surface area (Å²) >= 11 is 0. The zero-order chi connectivity index (χ0) is 25.5. The molecule has 4 atom stereocenters. The molecule has 34 heavy (non-hydrogen) atoms. The first-order chi connectivity index (χ1) is 16.2. The summed E-state index contributed by atoms with van der Waals surface area (Å²) in [6.07, 6.45) is 16.6. The molecule has 0 fully saturated rings. The maximum atomic E-state index is 13.5. The highest BCUT2D eigenvalue weighted by atomic mass is 16.5. The van der Waals surface area contributed by atoms with E-state index in [4.69, 9.17) is 4.74 Å². The van der Waals surface area contributed by atoms with E-state index < -0.39 is 0 Å². The van der Waals surface area contributed by atoms with Crippen molar-refractivity contribution >= 4 is 12.1 Å². The number of nitrogens with zero attached hydrogens (tertiary/aromatic N) is 3. The van der Waals surface area contributed by atoms with Gasteiger partial charge in [0, 0.05) is 44.2 Å². The quantitative estimate of drug-likeness (QED) is 0.158. The SMILES string of the molecule is C=CC/N=C\N(C)CCCN(CC(C)OC(C)CC)C(C(=C)C)C(C)C(=O)C1=CCC=CC=C1. The van der Waals surface area contributed by atoms with E-state index in [0.29, 0.717) is 6.54 Å². The van der Waals surface area contributed by atoms with Crippen LogP contribution in [0.3, 0.4) is 0 Å². The van der Waals surface area contributed by atoms with E-state index in [0.717, 1.165) is 50.0 Å². The van der Waals surface area contributed by atoms with Crippen molar-refractivity contribution in [1.82, 2.24) is 9.80 Å². The second kappa shape index (κ2) is 16.4. The van der Waals surface area contributed by atoms with Crippen molar-refractivity contribution in [3.63, 3.8) is 0 Å². The van der Waals surface area contributed by atoms with Gasteiger partial charge in [-0.25, -0.2) is 0 Å². The molecule has 0 aliphatic heterocycles. The summed E-state index contributed by atoms with van der Waals surface area (Å²) in [5, 5.41) is 0. The Balaban J connectivity index is 3.02. The number of hydrogen-bond donors (Lipinski definition) is 0. The van der Waals surface area contributed by atoms with Crippen LogP contribution in [-0.4, -0.2) is 73.4 Å². The maximum Gasteiger partial charge on any atom is 0.167 e. The van der Waals surface area contributed by atoms with Crippen molar-refractivity contribution in [1.29, 1.82) is 0 Å². The molecule has 0 amide bonds. The van der Waals surface area contributed by atoms with Gasteiger partial charge in [0.05, 0.1) is 25.1 Å². The van der Waals surface area contributed by atoms with Crippen molar-refractivity contribution in [3.8, 4) is 0 Å². The molecule has 1 aliphatic rings. The van der Waals surface area contributed by atoms with E-state index in [1.165, 1.54) is 0 Å². The van der Waals surface area contributed by atoms with Gasteiger partial charge in [-0.1, -0.05) is 62.5 Å². The van der Waals surface area contributed by atoms with Gasteiger partial charge in [0.2, 0.25) is 0 Å². The van der Waals surface area contributed by atoms with Crippen LogP contribution in [0, 0.1) is 5.92 Å². The van der Waals surface area contributed by atoms with E-state index in [2.05, 4.69) is 54.8 Å². The van der Waals surface area contributed by atoms with E-state index in [1.807, 2.05) is 51.5 Å². The highest BCUT2D eigenvalue weighted by molar-refractivity contribution is 6.00. The summed E-state index contributed by atoms with van der Waals surface area (Å²) in [5.41, 5.74) is 1.79. The Morgan fingerprint density at radius 2 is 1.97 bits per heavy atom. The number of Topliss-reactive ketones (excluding diaryl/α,β-unsaturated/α-hetero) is 1. The summed E-state index contributed by atoms with van der Waals surface area (Å²) in [7, 11) is 2.03. The fourth-order valence-corrected chi connectivity index (χ4v) is 4.28. The first-order valence-corrected chi connectivity index (χ1v) is 12.6. The average molecular weight is 470 g/mol. The predicted octanol–water partition coefficient (Wildman–Crippen LogP) is 5.62. The fraction of sp³-hybridized carbons (Fsp3) is 0.586. The number of rotatable bonds is 17. The largest absolute Gasteiger partial charge is 0.374 e. The molecule has 0 spiro atoms. The predicted molar refractivity (Wildman–Crippen MR) is 146 cm³/mol. The van der Waals surface area contributed by atoms with Crippen molar-refractivity contribution in [2.45, 2.75) is 72.1 Å². The van der Waals surface area contributed by atoms with Gasteiger partial charge in [0.1, 0.15) is 0 Å². The van der Waals surface area contributed by atoms with E-state index in [1.54, 1.807) is 6.08 Å². The van der Waals surface area contributed by atoms with Crippen molar-refractivity contribution < 1.29 is 9.53 Å². The zero-order valence-corrected chi connectivity index (χ0v) is 22.4. The lowest BCUT2D eigenvalue weighted by Gasteiger charge is -2.38. The lowest BCUT2D eigenvalue weighted by atomic mass is 9.87. The Bertz CT molecular complexity index is 765. The van der Waals surface area contributed by atoms with Crippen LogP contribution in [-0.2, 0) is 9.53 Å². The average Bonchev–Trinajstić information content (AvgIpc) is 3.07. The monoisotopic (exact) mass is 469 g/mol. The highest BCUT2D eigenvalue weighted by Gasteiger charge is 2.32. The first-order valence-electron chi connectivity index (χ1n) is 12.6. The fourth-order valence-electron chi connectivity index (χ4n) is 4.28. The van der Waals surface area contributed by atoms with Gasteiger partial charge in [0.15, 0.2) is 5.78 Å². The number of carbonyl (C=O) groups excluding carboxylic acids is 1. The Labute approximate surface area is 208 Å². The van der Waals surface area contributed by atoms with Crippen LogP contribution >= 0.6 is 0 Å². The summed E-state index contributed by atoms with van der Waals surface area (Å²) in [4.78, 5) is 22.3. The van der Waals surface area contributed by atoms with E-state index in [-0.39, 0.29) is 30.0 Å². The Morgan fingerprint density at radius 3 is 2.62 bits per heavy atom. The van der Waals surface area contributed by atoms with Crippen molar-refractivity contribution in [2.75, 3.05) is 33.2 Å². The molecule has 5 heteroatoms. The molecule has 5 nitrogen and oxygen atoms in total. The molecular formula is C29H47N3O2. The van der Waals surface area contributed by atoms with Crippen molar-refractivity contribution in [3.05, 3.63) is 60.8 Å². The smallest absolute Gasteiger partial charge is 0.167 e. The van der Waals surface area contributed by atoms with Crippen LogP contribution in [0.2, 0.25) is 0 Å². The van der Waals surface area contributed by atoms with Crippen LogP contribution in [0.1, 0.15) is 53.9 Å². The Hall–Kier alpha value is -2.24. The van der Waals surface area contributed by atoms with Gasteiger partial charge in [-0.2, -0.15) is 0 Å². The lowest BCUT2D eigenvalue weighted by molar-refractivity contribution is -0.120. The van der Waals surface area contributed by atoms with Gasteiger partial charge in [-0.05, 0) is 40.0 Å². The van der Waals surface area contributed by atoms with Crippen LogP contribution in [0.15, 0.2) is 65.8 Å². The standard InChI is InChI=1S/C29H47N3O2/c1-9-18-30-22-31(8)19-15-20-32(21-25(6)34-24(5)10-2)28(23(3)4)26(7)29(33)27-16-13-11-12-14-17-27/h9,11-13,16-17,22,24-26,28H,1,3,10,14-15,18-21H2,2,4-8H3/b30-22-. The van der Waals surface area contributed by atoms with Gasteiger partial charge in [0.25, 0.3) is 0 Å². The van der Waals surface area contributed by atoms with Gasteiger partial charge >= 0.3 is 0 Å². The normalized spacial score (nSPS) is 17.2. The van der Waals surface area contributed by atoms with Gasteiger partial charge in [-0.15, -0.1) is 6.58 Å².